The van der Waals surface area contributed by atoms with E-state index < -0.39 is 0 Å². The summed E-state index contributed by atoms with van der Waals surface area (Å²) in [5.41, 5.74) is 1.02. The Morgan fingerprint density at radius 2 is 1.83 bits per heavy atom. The van der Waals surface area contributed by atoms with Crippen LogP contribution in [-0.2, 0) is 11.3 Å². The molecule has 3 rings (SSSR count). The van der Waals surface area contributed by atoms with Gasteiger partial charge in [-0.05, 0) is 49.5 Å². The van der Waals surface area contributed by atoms with E-state index in [1.54, 1.807) is 12.1 Å². The summed E-state index contributed by atoms with van der Waals surface area (Å²) >= 11 is 0. The summed E-state index contributed by atoms with van der Waals surface area (Å²) in [4.78, 5) is 15.2. The van der Waals surface area contributed by atoms with Crippen molar-refractivity contribution in [3.63, 3.8) is 0 Å². The molecule has 0 bridgehead atoms. The molecular formula is C19H28ClFN2O. The molecule has 1 N–H and O–H groups in total. The molecule has 2 fully saturated rings. The zero-order chi connectivity index (χ0) is 16.2. The molecule has 1 aliphatic heterocycles. The van der Waals surface area contributed by atoms with E-state index in [4.69, 9.17) is 0 Å². The highest BCUT2D eigenvalue weighted by Gasteiger charge is 2.34. The number of hydrogen-bond donors (Lipinski definition) is 1. The first-order valence-electron chi connectivity index (χ1n) is 8.91. The molecule has 0 spiro atoms. The number of amides is 1. The minimum Gasteiger partial charge on any atom is -0.335 e. The molecule has 1 unspecified atom stereocenters. The topological polar surface area (TPSA) is 32.3 Å². The molecule has 1 amide bonds. The molecule has 1 atom stereocenters. The number of nitrogens with one attached hydrogen (secondary N) is 1. The van der Waals surface area contributed by atoms with E-state index in [0.717, 1.165) is 31.5 Å². The first-order valence-corrected chi connectivity index (χ1v) is 8.91. The normalized spacial score (nSPS) is 19.9. The Morgan fingerprint density at radius 1 is 1.21 bits per heavy atom. The van der Waals surface area contributed by atoms with Crippen LogP contribution in [0.5, 0.6) is 0 Å². The fourth-order valence-electron chi connectivity index (χ4n) is 3.69. The predicted molar refractivity (Wildman–Crippen MR) is 96.6 cm³/mol. The minimum absolute atomic E-state index is 0. The van der Waals surface area contributed by atoms with Crippen LogP contribution in [-0.4, -0.2) is 29.9 Å². The highest BCUT2D eigenvalue weighted by atomic mass is 35.5. The maximum absolute atomic E-state index is 13.1. The number of carbonyl (C=O) groups is 1. The van der Waals surface area contributed by atoms with Gasteiger partial charge >= 0.3 is 0 Å². The Kier molecular flexibility index (Phi) is 7.05. The van der Waals surface area contributed by atoms with Gasteiger partial charge in [0.15, 0.2) is 0 Å². The van der Waals surface area contributed by atoms with Crippen LogP contribution in [0.4, 0.5) is 4.39 Å². The van der Waals surface area contributed by atoms with Crippen LogP contribution in [0.25, 0.3) is 0 Å². The molecular weight excluding hydrogens is 327 g/mol. The Labute approximate surface area is 150 Å². The zero-order valence-electron chi connectivity index (χ0n) is 14.3. The highest BCUT2D eigenvalue weighted by Crippen LogP contribution is 2.28. The van der Waals surface area contributed by atoms with Gasteiger partial charge in [-0.3, -0.25) is 4.79 Å². The van der Waals surface area contributed by atoms with Gasteiger partial charge in [-0.15, -0.1) is 12.4 Å². The average molecular weight is 355 g/mol. The van der Waals surface area contributed by atoms with Crippen LogP contribution >= 0.6 is 12.4 Å². The van der Waals surface area contributed by atoms with Gasteiger partial charge in [-0.1, -0.05) is 38.3 Å². The molecule has 0 aromatic heterocycles. The van der Waals surface area contributed by atoms with Gasteiger partial charge in [0.25, 0.3) is 0 Å². The molecule has 1 saturated carbocycles. The highest BCUT2D eigenvalue weighted by molar-refractivity contribution is 5.85. The first-order chi connectivity index (χ1) is 11.1. The number of halogens is 2. The van der Waals surface area contributed by atoms with Gasteiger partial charge in [-0.25, -0.2) is 4.39 Å². The second-order valence-electron chi connectivity index (χ2n) is 7.09. The monoisotopic (exact) mass is 354 g/mol. The summed E-state index contributed by atoms with van der Waals surface area (Å²) in [5.74, 6) is 0.575. The van der Waals surface area contributed by atoms with Crippen LogP contribution in [0.2, 0.25) is 0 Å². The van der Waals surface area contributed by atoms with Crippen LogP contribution in [0.3, 0.4) is 0 Å². The SMILES string of the molecule is CC(C(=O)N(Cc1ccc(F)cc1)C1CCCCC1)C1CNC1.Cl. The van der Waals surface area contributed by atoms with Gasteiger partial charge in [0, 0.05) is 18.5 Å². The minimum atomic E-state index is -0.224. The summed E-state index contributed by atoms with van der Waals surface area (Å²) in [5, 5.41) is 3.26. The van der Waals surface area contributed by atoms with E-state index in [0.29, 0.717) is 18.5 Å². The Balaban J connectivity index is 0.00000208. The summed E-state index contributed by atoms with van der Waals surface area (Å²) in [6.45, 7) is 4.56. The van der Waals surface area contributed by atoms with Crippen molar-refractivity contribution in [3.05, 3.63) is 35.6 Å². The molecule has 1 aromatic rings. The smallest absolute Gasteiger partial charge is 0.226 e. The van der Waals surface area contributed by atoms with E-state index in [1.807, 2.05) is 0 Å². The van der Waals surface area contributed by atoms with Gasteiger partial charge in [0.2, 0.25) is 5.91 Å². The van der Waals surface area contributed by atoms with Crippen molar-refractivity contribution in [2.24, 2.45) is 11.8 Å². The van der Waals surface area contributed by atoms with Crippen molar-refractivity contribution in [1.82, 2.24) is 10.2 Å². The van der Waals surface area contributed by atoms with Crippen LogP contribution < -0.4 is 5.32 Å². The van der Waals surface area contributed by atoms with Crippen LogP contribution in [0.15, 0.2) is 24.3 Å². The lowest BCUT2D eigenvalue weighted by Crippen LogP contribution is -2.52. The summed E-state index contributed by atoms with van der Waals surface area (Å²) in [6, 6.07) is 6.91. The van der Waals surface area contributed by atoms with Crippen LogP contribution in [0.1, 0.15) is 44.6 Å². The fourth-order valence-corrected chi connectivity index (χ4v) is 3.69. The third-order valence-corrected chi connectivity index (χ3v) is 5.47. The molecule has 134 valence electrons. The third kappa shape index (κ3) is 4.48. The van der Waals surface area contributed by atoms with Crippen molar-refractivity contribution in [3.8, 4) is 0 Å². The lowest BCUT2D eigenvalue weighted by Gasteiger charge is -2.39. The fraction of sp³-hybridized carbons (Fsp3) is 0.632. The summed E-state index contributed by atoms with van der Waals surface area (Å²) in [7, 11) is 0. The van der Waals surface area contributed by atoms with Crippen molar-refractivity contribution in [2.75, 3.05) is 13.1 Å². The number of nitrogens with zero attached hydrogens (tertiary/aromatic N) is 1. The molecule has 5 heteroatoms. The van der Waals surface area contributed by atoms with Crippen LogP contribution in [0, 0.1) is 17.7 Å². The van der Waals surface area contributed by atoms with Crippen molar-refractivity contribution in [1.29, 1.82) is 0 Å². The quantitative estimate of drug-likeness (QED) is 0.873. The number of hydrogen-bond acceptors (Lipinski definition) is 2. The van der Waals surface area contributed by atoms with Crippen molar-refractivity contribution < 1.29 is 9.18 Å². The first kappa shape index (κ1) is 19.2. The Bertz CT molecular complexity index is 527. The second kappa shape index (κ2) is 8.82. The molecule has 1 heterocycles. The van der Waals surface area contributed by atoms with Gasteiger partial charge in [0.1, 0.15) is 5.82 Å². The largest absolute Gasteiger partial charge is 0.335 e. The number of rotatable bonds is 5. The average Bonchev–Trinajstić information content (AvgIpc) is 2.53. The Hall–Kier alpha value is -1.13. The molecule has 3 nitrogen and oxygen atoms in total. The van der Waals surface area contributed by atoms with Crippen molar-refractivity contribution in [2.45, 2.75) is 51.6 Å². The van der Waals surface area contributed by atoms with Gasteiger partial charge < -0.3 is 10.2 Å². The molecule has 1 aliphatic carbocycles. The standard InChI is InChI=1S/C19H27FN2O.ClH/c1-14(16-11-21-12-16)19(23)22(18-5-3-2-4-6-18)13-15-7-9-17(20)10-8-15;/h7-10,14,16,18,21H,2-6,11-13H2,1H3;1H. The molecule has 0 radical (unpaired) electrons. The van der Waals surface area contributed by atoms with Crippen molar-refractivity contribution >= 4 is 18.3 Å². The molecule has 1 aromatic carbocycles. The maximum Gasteiger partial charge on any atom is 0.226 e. The molecule has 2 aliphatic rings. The zero-order valence-corrected chi connectivity index (χ0v) is 15.2. The third-order valence-electron chi connectivity index (χ3n) is 5.47. The molecule has 1 saturated heterocycles. The van der Waals surface area contributed by atoms with E-state index >= 15 is 0 Å². The lowest BCUT2D eigenvalue weighted by molar-refractivity contribution is -0.141. The van der Waals surface area contributed by atoms with E-state index in [9.17, 15) is 9.18 Å². The van der Waals surface area contributed by atoms with E-state index in [-0.39, 0.29) is 30.0 Å². The van der Waals surface area contributed by atoms with Gasteiger partial charge in [-0.2, -0.15) is 0 Å². The van der Waals surface area contributed by atoms with E-state index in [2.05, 4.69) is 17.1 Å². The molecule has 24 heavy (non-hydrogen) atoms. The number of benzene rings is 1. The number of carbonyl (C=O) groups excluding carboxylic acids is 1. The Morgan fingerprint density at radius 3 is 2.38 bits per heavy atom. The summed E-state index contributed by atoms with van der Waals surface area (Å²) < 4.78 is 13.1. The predicted octanol–water partition coefficient (Wildman–Crippen LogP) is 3.76. The summed E-state index contributed by atoms with van der Waals surface area (Å²) in [6.07, 6.45) is 5.89. The van der Waals surface area contributed by atoms with Gasteiger partial charge in [0.05, 0.1) is 0 Å². The van der Waals surface area contributed by atoms with E-state index in [1.165, 1.54) is 31.4 Å². The maximum atomic E-state index is 13.1. The second-order valence-corrected chi connectivity index (χ2v) is 7.09. The lowest BCUT2D eigenvalue weighted by atomic mass is 9.86.